The Labute approximate surface area is 178 Å². The van der Waals surface area contributed by atoms with E-state index in [1.807, 2.05) is 25.1 Å². The molecular weight excluding hydrogens is 424 g/mol. The van der Waals surface area contributed by atoms with Crippen molar-refractivity contribution < 1.29 is 22.7 Å². The van der Waals surface area contributed by atoms with Crippen LogP contribution >= 0.6 is 11.3 Å². The normalized spacial score (nSPS) is 12.3. The van der Waals surface area contributed by atoms with Crippen molar-refractivity contribution in [3.8, 4) is 0 Å². The fourth-order valence-corrected chi connectivity index (χ4v) is 4.93. The Kier molecular flexibility index (Phi) is 6.52. The molecule has 1 amide bonds. The van der Waals surface area contributed by atoms with E-state index in [-0.39, 0.29) is 22.8 Å². The number of hydrogen-bond donors (Lipinski definition) is 0. The average molecular weight is 447 g/mol. The van der Waals surface area contributed by atoms with E-state index in [2.05, 4.69) is 4.99 Å². The van der Waals surface area contributed by atoms with Gasteiger partial charge < -0.3 is 9.30 Å². The second-order valence-electron chi connectivity index (χ2n) is 6.55. The van der Waals surface area contributed by atoms with E-state index in [4.69, 9.17) is 4.74 Å². The molecule has 0 fully saturated rings. The van der Waals surface area contributed by atoms with Crippen molar-refractivity contribution in [2.45, 2.75) is 31.7 Å². The number of methoxy groups -OCH3 is 1. The predicted octanol–water partition coefficient (Wildman–Crippen LogP) is 2.97. The third-order valence-corrected chi connectivity index (χ3v) is 7.46. The number of thiazole rings is 1. The molecule has 0 saturated heterocycles. The van der Waals surface area contributed by atoms with E-state index in [0.717, 1.165) is 22.2 Å². The summed E-state index contributed by atoms with van der Waals surface area (Å²) in [4.78, 5) is 29.3. The van der Waals surface area contributed by atoms with Gasteiger partial charge >= 0.3 is 5.97 Å². The molecule has 0 radical (unpaired) electrons. The van der Waals surface area contributed by atoms with Crippen LogP contribution in [-0.4, -0.2) is 37.7 Å². The third kappa shape index (κ3) is 4.52. The summed E-state index contributed by atoms with van der Waals surface area (Å²) >= 11 is 1.29. The van der Waals surface area contributed by atoms with Crippen molar-refractivity contribution in [2.75, 3.05) is 12.9 Å². The van der Waals surface area contributed by atoms with Crippen LogP contribution in [0.5, 0.6) is 0 Å². The number of esters is 1. The number of aromatic nitrogens is 1. The second kappa shape index (κ2) is 8.93. The molecule has 158 valence electrons. The SMILES string of the molecule is CCc1ccc2c(c1)sc(=NC(=O)c1cccc(S(=O)(=O)CC)c1)n2CC(=O)OC. The van der Waals surface area contributed by atoms with E-state index in [1.165, 1.54) is 42.7 Å². The Bertz CT molecular complexity index is 1290. The lowest BCUT2D eigenvalue weighted by Crippen LogP contribution is -2.22. The zero-order valence-corrected chi connectivity index (χ0v) is 18.5. The van der Waals surface area contributed by atoms with E-state index >= 15 is 0 Å². The lowest BCUT2D eigenvalue weighted by Gasteiger charge is -2.05. The maximum atomic E-state index is 12.8. The number of carbonyl (C=O) groups excluding carboxylic acids is 2. The summed E-state index contributed by atoms with van der Waals surface area (Å²) in [5.74, 6) is -1.10. The molecule has 0 unspecified atom stereocenters. The van der Waals surface area contributed by atoms with Crippen LogP contribution in [0.3, 0.4) is 0 Å². The molecule has 3 rings (SSSR count). The monoisotopic (exact) mass is 446 g/mol. The number of hydrogen-bond acceptors (Lipinski definition) is 6. The first-order valence-electron chi connectivity index (χ1n) is 9.40. The highest BCUT2D eigenvalue weighted by Crippen LogP contribution is 2.20. The van der Waals surface area contributed by atoms with Crippen molar-refractivity contribution >= 4 is 43.3 Å². The standard InChI is InChI=1S/C21H22N2O5S2/c1-4-14-9-10-17-18(11-14)29-21(23(17)13-19(24)28-3)22-20(25)15-7-6-8-16(12-15)30(26,27)5-2/h6-12H,4-5,13H2,1-3H3. The number of nitrogens with zero attached hydrogens (tertiary/aromatic N) is 2. The minimum atomic E-state index is -3.44. The summed E-state index contributed by atoms with van der Waals surface area (Å²) in [5, 5.41) is 0. The number of carbonyl (C=O) groups is 2. The number of sulfone groups is 1. The molecule has 0 aliphatic carbocycles. The van der Waals surface area contributed by atoms with Crippen LogP contribution in [0.15, 0.2) is 52.4 Å². The zero-order valence-electron chi connectivity index (χ0n) is 16.9. The third-order valence-electron chi connectivity index (χ3n) is 4.69. The minimum absolute atomic E-state index is 0.0585. The van der Waals surface area contributed by atoms with Gasteiger partial charge in [0.05, 0.1) is 28.0 Å². The molecule has 0 atom stereocenters. The quantitative estimate of drug-likeness (QED) is 0.543. The van der Waals surface area contributed by atoms with Gasteiger partial charge in [-0.15, -0.1) is 0 Å². The first-order valence-corrected chi connectivity index (χ1v) is 11.9. The average Bonchev–Trinajstić information content (AvgIpc) is 3.09. The number of aryl methyl sites for hydroxylation is 1. The number of rotatable bonds is 6. The summed E-state index contributed by atoms with van der Waals surface area (Å²) in [7, 11) is -2.14. The highest BCUT2D eigenvalue weighted by molar-refractivity contribution is 7.91. The molecule has 1 heterocycles. The molecule has 7 nitrogen and oxygen atoms in total. The molecule has 0 aliphatic rings. The summed E-state index contributed by atoms with van der Waals surface area (Å²) in [5.41, 5.74) is 2.07. The van der Waals surface area contributed by atoms with Crippen molar-refractivity contribution in [1.29, 1.82) is 0 Å². The summed E-state index contributed by atoms with van der Waals surface area (Å²) in [6, 6.07) is 11.7. The maximum Gasteiger partial charge on any atom is 0.325 e. The fourth-order valence-electron chi connectivity index (χ4n) is 2.91. The first kappa shape index (κ1) is 21.9. The molecular formula is C21H22N2O5S2. The lowest BCUT2D eigenvalue weighted by molar-refractivity contribution is -0.141. The van der Waals surface area contributed by atoms with Crippen molar-refractivity contribution in [2.24, 2.45) is 4.99 Å². The predicted molar refractivity (Wildman–Crippen MR) is 115 cm³/mol. The van der Waals surface area contributed by atoms with Crippen molar-refractivity contribution in [3.63, 3.8) is 0 Å². The Balaban J connectivity index is 2.13. The highest BCUT2D eigenvalue weighted by Gasteiger charge is 2.16. The Morgan fingerprint density at radius 2 is 1.90 bits per heavy atom. The highest BCUT2D eigenvalue weighted by atomic mass is 32.2. The Hall–Kier alpha value is -2.78. The van der Waals surface area contributed by atoms with Crippen LogP contribution in [0.25, 0.3) is 10.2 Å². The van der Waals surface area contributed by atoms with E-state index in [0.29, 0.717) is 4.80 Å². The summed E-state index contributed by atoms with van der Waals surface area (Å²) in [6.45, 7) is 3.51. The van der Waals surface area contributed by atoms with Gasteiger partial charge in [-0.05, 0) is 42.3 Å². The van der Waals surface area contributed by atoms with Gasteiger partial charge in [-0.2, -0.15) is 4.99 Å². The van der Waals surface area contributed by atoms with Gasteiger partial charge in [0.15, 0.2) is 14.6 Å². The molecule has 0 saturated carbocycles. The van der Waals surface area contributed by atoms with Gasteiger partial charge in [0.25, 0.3) is 5.91 Å². The van der Waals surface area contributed by atoms with Crippen LogP contribution in [-0.2, 0) is 32.3 Å². The fraction of sp³-hybridized carbons (Fsp3) is 0.286. The molecule has 0 bridgehead atoms. The summed E-state index contributed by atoms with van der Waals surface area (Å²) < 4.78 is 31.6. The van der Waals surface area contributed by atoms with Gasteiger partial charge in [-0.3, -0.25) is 9.59 Å². The Morgan fingerprint density at radius 1 is 1.13 bits per heavy atom. The molecule has 0 aliphatic heterocycles. The molecule has 3 aromatic rings. The van der Waals surface area contributed by atoms with Crippen molar-refractivity contribution in [1.82, 2.24) is 4.57 Å². The van der Waals surface area contributed by atoms with E-state index in [9.17, 15) is 18.0 Å². The Morgan fingerprint density at radius 3 is 2.57 bits per heavy atom. The molecule has 9 heteroatoms. The topological polar surface area (TPSA) is 94.8 Å². The van der Waals surface area contributed by atoms with E-state index < -0.39 is 21.7 Å². The number of fused-ring (bicyclic) bond motifs is 1. The molecule has 30 heavy (non-hydrogen) atoms. The van der Waals surface area contributed by atoms with Crippen LogP contribution in [0, 0.1) is 0 Å². The largest absolute Gasteiger partial charge is 0.468 e. The van der Waals surface area contributed by atoms with Gasteiger partial charge in [0.2, 0.25) is 0 Å². The summed E-state index contributed by atoms with van der Waals surface area (Å²) in [6.07, 6.45) is 0.856. The zero-order chi connectivity index (χ0) is 21.9. The first-order chi connectivity index (χ1) is 14.3. The minimum Gasteiger partial charge on any atom is -0.468 e. The molecule has 1 aromatic heterocycles. The smallest absolute Gasteiger partial charge is 0.325 e. The van der Waals surface area contributed by atoms with Crippen LogP contribution in [0.1, 0.15) is 29.8 Å². The van der Waals surface area contributed by atoms with Crippen molar-refractivity contribution in [3.05, 3.63) is 58.4 Å². The van der Waals surface area contributed by atoms with Crippen LogP contribution in [0.2, 0.25) is 0 Å². The van der Waals surface area contributed by atoms with Crippen LogP contribution in [0.4, 0.5) is 0 Å². The number of ether oxygens (including phenoxy) is 1. The van der Waals surface area contributed by atoms with Gasteiger partial charge in [-0.1, -0.05) is 37.3 Å². The molecule has 0 N–H and O–H groups in total. The van der Waals surface area contributed by atoms with E-state index in [1.54, 1.807) is 11.5 Å². The number of benzene rings is 2. The lowest BCUT2D eigenvalue weighted by atomic mass is 10.2. The van der Waals surface area contributed by atoms with Crippen LogP contribution < -0.4 is 4.80 Å². The van der Waals surface area contributed by atoms with Gasteiger partial charge in [0, 0.05) is 5.56 Å². The maximum absolute atomic E-state index is 12.8. The van der Waals surface area contributed by atoms with Gasteiger partial charge in [0.1, 0.15) is 6.54 Å². The number of amides is 1. The molecule has 2 aromatic carbocycles. The molecule has 0 spiro atoms. The second-order valence-corrected chi connectivity index (χ2v) is 9.84. The van der Waals surface area contributed by atoms with Gasteiger partial charge in [-0.25, -0.2) is 8.42 Å².